The first-order valence-corrected chi connectivity index (χ1v) is 9.87. The lowest BCUT2D eigenvalue weighted by atomic mass is 10.0. The molecule has 0 aliphatic carbocycles. The molecular weight excluding hydrogens is 358 g/mol. The van der Waals surface area contributed by atoms with Gasteiger partial charge >= 0.3 is 0 Å². The minimum Gasteiger partial charge on any atom is -0.379 e. The highest BCUT2D eigenvalue weighted by molar-refractivity contribution is 7.80. The summed E-state index contributed by atoms with van der Waals surface area (Å²) in [4.78, 5) is 12.7. The summed E-state index contributed by atoms with van der Waals surface area (Å²) < 4.78 is 5.35. The van der Waals surface area contributed by atoms with E-state index >= 15 is 0 Å². The second-order valence-electron chi connectivity index (χ2n) is 7.38. The third kappa shape index (κ3) is 5.40. The molecule has 0 radical (unpaired) electrons. The molecule has 2 aromatic rings. The van der Waals surface area contributed by atoms with Gasteiger partial charge in [-0.15, -0.1) is 0 Å². The Kier molecular flexibility index (Phi) is 6.63. The fourth-order valence-electron chi connectivity index (χ4n) is 3.30. The van der Waals surface area contributed by atoms with Crippen molar-refractivity contribution in [2.24, 2.45) is 5.92 Å². The van der Waals surface area contributed by atoms with Crippen molar-refractivity contribution in [3.8, 4) is 0 Å². The number of amides is 1. The van der Waals surface area contributed by atoms with Gasteiger partial charge in [-0.1, -0.05) is 50.2 Å². The van der Waals surface area contributed by atoms with E-state index in [1.807, 2.05) is 24.3 Å². The molecule has 0 unspecified atom stereocenters. The van der Waals surface area contributed by atoms with Gasteiger partial charge in [-0.3, -0.25) is 4.79 Å². The normalized spacial score (nSPS) is 17.7. The number of rotatable bonds is 6. The zero-order valence-electron chi connectivity index (χ0n) is 15.8. The van der Waals surface area contributed by atoms with Crippen molar-refractivity contribution in [3.63, 3.8) is 0 Å². The molecule has 0 bridgehead atoms. The summed E-state index contributed by atoms with van der Waals surface area (Å²) in [6.45, 7) is 5.48. The van der Waals surface area contributed by atoms with Gasteiger partial charge in [0.2, 0.25) is 5.91 Å². The van der Waals surface area contributed by atoms with Crippen molar-refractivity contribution in [2.45, 2.75) is 38.8 Å². The number of fused-ring (bicyclic) bond motifs is 1. The van der Waals surface area contributed by atoms with E-state index < -0.39 is 0 Å². The molecule has 3 N–H and O–H groups in total. The lowest BCUT2D eigenvalue weighted by molar-refractivity contribution is -0.123. The maximum absolute atomic E-state index is 12.7. The molecule has 6 heteroatoms. The predicted octanol–water partition coefficient (Wildman–Crippen LogP) is 3.45. The number of anilines is 1. The molecule has 2 atom stereocenters. The summed E-state index contributed by atoms with van der Waals surface area (Å²) in [6, 6.07) is 13.9. The van der Waals surface area contributed by atoms with Crippen molar-refractivity contribution in [2.75, 3.05) is 18.5 Å². The van der Waals surface area contributed by atoms with Crippen LogP contribution in [0.2, 0.25) is 0 Å². The molecule has 1 aliphatic heterocycles. The monoisotopic (exact) mass is 385 g/mol. The Morgan fingerprint density at radius 3 is 2.74 bits per heavy atom. The molecule has 1 saturated heterocycles. The first-order chi connectivity index (χ1) is 13.0. The number of hydrogen-bond donors (Lipinski definition) is 3. The smallest absolute Gasteiger partial charge is 0.242 e. The molecule has 2 aromatic carbocycles. The third-order valence-electron chi connectivity index (χ3n) is 4.64. The Morgan fingerprint density at radius 2 is 2.00 bits per heavy atom. The second kappa shape index (κ2) is 9.15. The molecule has 144 valence electrons. The van der Waals surface area contributed by atoms with Crippen LogP contribution in [-0.2, 0) is 9.53 Å². The summed E-state index contributed by atoms with van der Waals surface area (Å²) >= 11 is 5.50. The molecule has 3 rings (SSSR count). The fraction of sp³-hybridized carbons (Fsp3) is 0.429. The van der Waals surface area contributed by atoms with Crippen LogP contribution in [-0.4, -0.2) is 36.3 Å². The quantitative estimate of drug-likeness (QED) is 0.665. The third-order valence-corrected chi connectivity index (χ3v) is 4.86. The maximum Gasteiger partial charge on any atom is 0.242 e. The van der Waals surface area contributed by atoms with Crippen LogP contribution in [0, 0.1) is 5.92 Å². The topological polar surface area (TPSA) is 62.4 Å². The Morgan fingerprint density at radius 1 is 1.22 bits per heavy atom. The van der Waals surface area contributed by atoms with Gasteiger partial charge in [0.05, 0.1) is 12.6 Å². The Labute approximate surface area is 165 Å². The molecule has 1 heterocycles. The SMILES string of the molecule is CC(C)C[C@H](NC(=S)Nc1cccc2ccccc12)C(=O)N[C@H]1CCOC1. The summed E-state index contributed by atoms with van der Waals surface area (Å²) in [7, 11) is 0. The zero-order valence-corrected chi connectivity index (χ0v) is 16.6. The lowest BCUT2D eigenvalue weighted by Gasteiger charge is -2.23. The standard InChI is InChI=1S/C21H27N3O2S/c1-14(2)12-19(20(25)22-16-10-11-26-13-16)24-21(27)23-18-9-5-7-15-6-3-4-8-17(15)18/h3-9,14,16,19H,10-13H2,1-2H3,(H,22,25)(H2,23,24,27)/t16-,19-/m0/s1. The van der Waals surface area contributed by atoms with Crippen LogP contribution in [0.15, 0.2) is 42.5 Å². The van der Waals surface area contributed by atoms with Gasteiger partial charge in [0, 0.05) is 17.7 Å². The summed E-state index contributed by atoms with van der Waals surface area (Å²) in [5.74, 6) is 0.342. The van der Waals surface area contributed by atoms with Crippen molar-refractivity contribution < 1.29 is 9.53 Å². The van der Waals surface area contributed by atoms with Crippen molar-refractivity contribution in [1.29, 1.82) is 0 Å². The van der Waals surface area contributed by atoms with Crippen LogP contribution in [0.4, 0.5) is 5.69 Å². The van der Waals surface area contributed by atoms with Crippen molar-refractivity contribution in [1.82, 2.24) is 10.6 Å². The van der Waals surface area contributed by atoms with Gasteiger partial charge in [0.15, 0.2) is 5.11 Å². The van der Waals surface area contributed by atoms with E-state index in [1.165, 1.54) is 0 Å². The number of benzene rings is 2. The summed E-state index contributed by atoms with van der Waals surface area (Å²) in [6.07, 6.45) is 1.57. The van der Waals surface area contributed by atoms with Crippen LogP contribution in [0.1, 0.15) is 26.7 Å². The Bertz CT molecular complexity index is 798. The highest BCUT2D eigenvalue weighted by Crippen LogP contribution is 2.23. The Hall–Kier alpha value is -2.18. The number of carbonyl (C=O) groups is 1. The van der Waals surface area contributed by atoms with E-state index in [0.717, 1.165) is 22.9 Å². The van der Waals surface area contributed by atoms with Crippen LogP contribution in [0.25, 0.3) is 10.8 Å². The maximum atomic E-state index is 12.7. The molecule has 27 heavy (non-hydrogen) atoms. The molecule has 1 aliphatic rings. The van der Waals surface area contributed by atoms with E-state index in [-0.39, 0.29) is 18.0 Å². The molecule has 0 saturated carbocycles. The van der Waals surface area contributed by atoms with Crippen LogP contribution in [0.3, 0.4) is 0 Å². The first-order valence-electron chi connectivity index (χ1n) is 9.46. The Balaban J connectivity index is 1.67. The molecule has 0 spiro atoms. The number of carbonyl (C=O) groups excluding carboxylic acids is 1. The van der Waals surface area contributed by atoms with E-state index in [0.29, 0.717) is 30.7 Å². The second-order valence-corrected chi connectivity index (χ2v) is 7.78. The van der Waals surface area contributed by atoms with E-state index in [1.54, 1.807) is 0 Å². The summed E-state index contributed by atoms with van der Waals surface area (Å²) in [5.41, 5.74) is 0.929. The molecule has 1 amide bonds. The van der Waals surface area contributed by atoms with Crippen LogP contribution >= 0.6 is 12.2 Å². The van der Waals surface area contributed by atoms with Crippen molar-refractivity contribution >= 4 is 39.7 Å². The van der Waals surface area contributed by atoms with E-state index in [2.05, 4.69) is 48.0 Å². The van der Waals surface area contributed by atoms with Crippen LogP contribution in [0.5, 0.6) is 0 Å². The minimum atomic E-state index is -0.374. The van der Waals surface area contributed by atoms with Gasteiger partial charge in [-0.2, -0.15) is 0 Å². The first kappa shape index (κ1) is 19.6. The van der Waals surface area contributed by atoms with Gasteiger partial charge in [-0.25, -0.2) is 0 Å². The molecule has 5 nitrogen and oxygen atoms in total. The fourth-order valence-corrected chi connectivity index (χ4v) is 3.56. The van der Waals surface area contributed by atoms with Crippen molar-refractivity contribution in [3.05, 3.63) is 42.5 Å². The van der Waals surface area contributed by atoms with E-state index in [4.69, 9.17) is 17.0 Å². The van der Waals surface area contributed by atoms with E-state index in [9.17, 15) is 4.79 Å². The van der Waals surface area contributed by atoms with Gasteiger partial charge in [-0.05, 0) is 42.4 Å². The van der Waals surface area contributed by atoms with Gasteiger partial charge in [0.25, 0.3) is 0 Å². The molecular formula is C21H27N3O2S. The van der Waals surface area contributed by atoms with Gasteiger partial charge < -0.3 is 20.7 Å². The van der Waals surface area contributed by atoms with Gasteiger partial charge in [0.1, 0.15) is 6.04 Å². The molecule has 1 fully saturated rings. The molecule has 0 aromatic heterocycles. The zero-order chi connectivity index (χ0) is 19.2. The highest BCUT2D eigenvalue weighted by Gasteiger charge is 2.25. The average molecular weight is 386 g/mol. The lowest BCUT2D eigenvalue weighted by Crippen LogP contribution is -2.51. The number of hydrogen-bond acceptors (Lipinski definition) is 3. The van der Waals surface area contributed by atoms with Crippen LogP contribution < -0.4 is 16.0 Å². The number of thiocarbonyl (C=S) groups is 1. The predicted molar refractivity (Wildman–Crippen MR) is 114 cm³/mol. The minimum absolute atomic E-state index is 0.0266. The average Bonchev–Trinajstić information content (AvgIpc) is 3.14. The largest absolute Gasteiger partial charge is 0.379 e. The summed E-state index contributed by atoms with van der Waals surface area (Å²) in [5, 5.41) is 12.2. The number of ether oxygens (including phenoxy) is 1. The highest BCUT2D eigenvalue weighted by atomic mass is 32.1. The number of nitrogens with one attached hydrogen (secondary N) is 3.